The van der Waals surface area contributed by atoms with E-state index in [4.69, 9.17) is 16.3 Å². The average Bonchev–Trinajstić information content (AvgIpc) is 3.48. The fourth-order valence-corrected chi connectivity index (χ4v) is 4.33. The van der Waals surface area contributed by atoms with Crippen molar-refractivity contribution in [2.75, 3.05) is 11.9 Å². The summed E-state index contributed by atoms with van der Waals surface area (Å²) in [4.78, 5) is 38.1. The minimum Gasteiger partial charge on any atom is -0.466 e. The van der Waals surface area contributed by atoms with Crippen molar-refractivity contribution in [1.29, 1.82) is 0 Å². The molecule has 0 radical (unpaired) electrons. The van der Waals surface area contributed by atoms with Gasteiger partial charge in [-0.2, -0.15) is 0 Å². The number of nitrogens with zero attached hydrogens (tertiary/aromatic N) is 4. The number of benzene rings is 3. The van der Waals surface area contributed by atoms with Crippen LogP contribution >= 0.6 is 11.6 Å². The van der Waals surface area contributed by atoms with E-state index in [-0.39, 0.29) is 30.6 Å². The third kappa shape index (κ3) is 8.21. The fourth-order valence-electron chi connectivity index (χ4n) is 4.14. The number of tetrazole rings is 1. The molecule has 40 heavy (non-hydrogen) atoms. The Kier molecular flexibility index (Phi) is 9.95. The van der Waals surface area contributed by atoms with Gasteiger partial charge in [0.25, 0.3) is 0 Å². The number of amides is 2. The first-order valence-electron chi connectivity index (χ1n) is 12.8. The van der Waals surface area contributed by atoms with Crippen LogP contribution in [0.2, 0.25) is 5.02 Å². The van der Waals surface area contributed by atoms with E-state index in [0.717, 1.165) is 16.7 Å². The maximum atomic E-state index is 13.3. The number of nitrogens with one attached hydrogen (secondary N) is 2. The third-order valence-electron chi connectivity index (χ3n) is 6.07. The van der Waals surface area contributed by atoms with Crippen molar-refractivity contribution in [3.8, 4) is 5.69 Å². The van der Waals surface area contributed by atoms with Crippen molar-refractivity contribution in [1.82, 2.24) is 25.5 Å². The molecule has 0 spiro atoms. The van der Waals surface area contributed by atoms with Crippen molar-refractivity contribution in [3.05, 3.63) is 101 Å². The van der Waals surface area contributed by atoms with Gasteiger partial charge in [-0.15, -0.1) is 5.10 Å². The maximum Gasteiger partial charge on any atom is 0.310 e. The monoisotopic (exact) mass is 560 g/mol. The quantitative estimate of drug-likeness (QED) is 0.253. The van der Waals surface area contributed by atoms with Gasteiger partial charge in [-0.1, -0.05) is 54.1 Å². The molecule has 0 bridgehead atoms. The van der Waals surface area contributed by atoms with Crippen molar-refractivity contribution in [3.63, 3.8) is 0 Å². The van der Waals surface area contributed by atoms with E-state index in [2.05, 4.69) is 26.2 Å². The molecule has 0 saturated heterocycles. The zero-order valence-electron chi connectivity index (χ0n) is 21.9. The summed E-state index contributed by atoms with van der Waals surface area (Å²) < 4.78 is 6.49. The SMILES string of the molecule is CCOC(=O)Cc1ccc(NC(=O)[C@H](Cc2ccccc2)NC(=O)CCc2cc(Cl)ccc2-n2cnnn2)cc1. The molecule has 11 heteroatoms. The van der Waals surface area contributed by atoms with Gasteiger partial charge in [0.05, 0.1) is 18.7 Å². The summed E-state index contributed by atoms with van der Waals surface area (Å²) in [5.74, 6) is -0.955. The molecule has 1 heterocycles. The van der Waals surface area contributed by atoms with Gasteiger partial charge < -0.3 is 15.4 Å². The second-order valence-corrected chi connectivity index (χ2v) is 9.44. The summed E-state index contributed by atoms with van der Waals surface area (Å²) >= 11 is 6.20. The number of rotatable bonds is 12. The van der Waals surface area contributed by atoms with Gasteiger partial charge in [-0.3, -0.25) is 14.4 Å². The number of esters is 1. The van der Waals surface area contributed by atoms with Crippen molar-refractivity contribution >= 4 is 35.1 Å². The predicted octanol–water partition coefficient (Wildman–Crippen LogP) is 3.72. The van der Waals surface area contributed by atoms with Crippen LogP contribution in [0.25, 0.3) is 5.69 Å². The zero-order valence-corrected chi connectivity index (χ0v) is 22.7. The Morgan fingerprint density at radius 2 is 1.77 bits per heavy atom. The van der Waals surface area contributed by atoms with Crippen molar-refractivity contribution in [2.24, 2.45) is 0 Å². The molecule has 4 aromatic rings. The lowest BCUT2D eigenvalue weighted by molar-refractivity contribution is -0.142. The molecule has 206 valence electrons. The molecule has 0 unspecified atom stereocenters. The van der Waals surface area contributed by atoms with E-state index in [1.807, 2.05) is 30.3 Å². The molecule has 0 fully saturated rings. The number of ether oxygens (including phenoxy) is 1. The van der Waals surface area contributed by atoms with Gasteiger partial charge >= 0.3 is 5.97 Å². The molecule has 0 aliphatic rings. The second-order valence-electron chi connectivity index (χ2n) is 9.01. The molecule has 1 atom stereocenters. The third-order valence-corrected chi connectivity index (χ3v) is 6.30. The summed E-state index contributed by atoms with van der Waals surface area (Å²) in [5.41, 5.74) is 3.74. The topological polar surface area (TPSA) is 128 Å². The fraction of sp³-hybridized carbons (Fsp3) is 0.241. The Hall–Kier alpha value is -4.57. The average molecular weight is 561 g/mol. The van der Waals surface area contributed by atoms with E-state index in [1.165, 1.54) is 11.0 Å². The largest absolute Gasteiger partial charge is 0.466 e. The standard InChI is InChI=1S/C29H29ClN6O4/c1-2-40-28(38)17-21-8-12-24(13-9-21)32-29(39)25(16-20-6-4-3-5-7-20)33-27(37)15-10-22-18-23(30)11-14-26(22)36-19-31-34-35-36/h3-9,11-14,18-19,25H,2,10,15-17H2,1H3,(H,32,39)(H,33,37)/t25-/m0/s1. The smallest absolute Gasteiger partial charge is 0.310 e. The van der Waals surface area contributed by atoms with Crippen LogP contribution in [-0.4, -0.2) is 50.6 Å². The lowest BCUT2D eigenvalue weighted by Crippen LogP contribution is -2.45. The molecule has 10 nitrogen and oxygen atoms in total. The van der Waals surface area contributed by atoms with E-state index in [9.17, 15) is 14.4 Å². The Morgan fingerprint density at radius 1 is 1.00 bits per heavy atom. The number of aryl methyl sites for hydroxylation is 1. The second kappa shape index (κ2) is 14.0. The summed E-state index contributed by atoms with van der Waals surface area (Å²) in [7, 11) is 0. The molecule has 0 aliphatic heterocycles. The van der Waals surface area contributed by atoms with Crippen LogP contribution in [0.4, 0.5) is 5.69 Å². The maximum absolute atomic E-state index is 13.3. The Bertz CT molecular complexity index is 1430. The Balaban J connectivity index is 1.42. The van der Waals surface area contributed by atoms with Crippen LogP contribution in [0.1, 0.15) is 30.0 Å². The van der Waals surface area contributed by atoms with E-state index < -0.39 is 6.04 Å². The first-order chi connectivity index (χ1) is 19.4. The van der Waals surface area contributed by atoms with Crippen LogP contribution in [0.15, 0.2) is 79.1 Å². The van der Waals surface area contributed by atoms with E-state index >= 15 is 0 Å². The number of carbonyl (C=O) groups excluding carboxylic acids is 3. The van der Waals surface area contributed by atoms with Crippen LogP contribution in [-0.2, 0) is 38.4 Å². The highest BCUT2D eigenvalue weighted by Gasteiger charge is 2.22. The Morgan fingerprint density at radius 3 is 2.48 bits per heavy atom. The van der Waals surface area contributed by atoms with Gasteiger partial charge in [0, 0.05) is 23.6 Å². The number of carbonyl (C=O) groups is 3. The number of aromatic nitrogens is 4. The summed E-state index contributed by atoms with van der Waals surface area (Å²) in [5, 5.41) is 17.5. The zero-order chi connectivity index (χ0) is 28.3. The molecule has 3 aromatic carbocycles. The van der Waals surface area contributed by atoms with Gasteiger partial charge in [0.15, 0.2) is 0 Å². The number of anilines is 1. The molecular formula is C29H29ClN6O4. The summed E-state index contributed by atoms with van der Waals surface area (Å²) in [6.45, 7) is 2.08. The van der Waals surface area contributed by atoms with Crippen LogP contribution < -0.4 is 10.6 Å². The first kappa shape index (κ1) is 28.4. The highest BCUT2D eigenvalue weighted by atomic mass is 35.5. The molecule has 0 saturated carbocycles. The predicted molar refractivity (Wildman–Crippen MR) is 150 cm³/mol. The summed E-state index contributed by atoms with van der Waals surface area (Å²) in [6.07, 6.45) is 2.42. The molecular weight excluding hydrogens is 532 g/mol. The van der Waals surface area contributed by atoms with Crippen molar-refractivity contribution < 1.29 is 19.1 Å². The van der Waals surface area contributed by atoms with Crippen LogP contribution in [0.5, 0.6) is 0 Å². The number of halogens is 1. The molecule has 0 aliphatic carbocycles. The van der Waals surface area contributed by atoms with Crippen LogP contribution in [0.3, 0.4) is 0 Å². The lowest BCUT2D eigenvalue weighted by atomic mass is 10.0. The minimum atomic E-state index is -0.813. The van der Waals surface area contributed by atoms with Gasteiger partial charge in [-0.25, -0.2) is 4.68 Å². The normalized spacial score (nSPS) is 11.4. The van der Waals surface area contributed by atoms with Crippen molar-refractivity contribution in [2.45, 2.75) is 38.6 Å². The van der Waals surface area contributed by atoms with Gasteiger partial charge in [0.1, 0.15) is 12.4 Å². The first-order valence-corrected chi connectivity index (χ1v) is 13.2. The Labute approximate surface area is 236 Å². The number of hydrogen-bond donors (Lipinski definition) is 2. The van der Waals surface area contributed by atoms with Crippen LogP contribution in [0, 0.1) is 0 Å². The minimum absolute atomic E-state index is 0.122. The van der Waals surface area contributed by atoms with Gasteiger partial charge in [0.2, 0.25) is 11.8 Å². The van der Waals surface area contributed by atoms with E-state index in [1.54, 1.807) is 49.4 Å². The number of hydrogen-bond acceptors (Lipinski definition) is 7. The summed E-state index contributed by atoms with van der Waals surface area (Å²) in [6, 6.07) is 20.9. The van der Waals surface area contributed by atoms with Gasteiger partial charge in [-0.05, 0) is 70.8 Å². The molecule has 2 amide bonds. The van der Waals surface area contributed by atoms with E-state index in [0.29, 0.717) is 35.8 Å². The molecule has 2 N–H and O–H groups in total. The highest BCUT2D eigenvalue weighted by Crippen LogP contribution is 2.20. The highest BCUT2D eigenvalue weighted by molar-refractivity contribution is 6.30. The lowest BCUT2D eigenvalue weighted by Gasteiger charge is -2.19. The molecule has 1 aromatic heterocycles. The molecule has 4 rings (SSSR count).